The maximum atomic E-state index is 12.4. The Morgan fingerprint density at radius 2 is 1.73 bits per heavy atom. The lowest BCUT2D eigenvalue weighted by molar-refractivity contribution is -0.160. The molecule has 1 fully saturated rings. The molecular formula is C20H28N2O4. The maximum Gasteiger partial charge on any atom is 0.329 e. The van der Waals surface area contributed by atoms with E-state index >= 15 is 0 Å². The zero-order chi connectivity index (χ0) is 19.2. The minimum atomic E-state index is -1.14. The van der Waals surface area contributed by atoms with Crippen molar-refractivity contribution in [3.8, 4) is 0 Å². The fourth-order valence-electron chi connectivity index (χ4n) is 3.46. The normalized spacial score (nSPS) is 15.9. The number of amides is 2. The van der Waals surface area contributed by atoms with Crippen molar-refractivity contribution in [1.82, 2.24) is 10.2 Å². The van der Waals surface area contributed by atoms with Crippen molar-refractivity contribution in [3.63, 3.8) is 0 Å². The molecule has 1 aliphatic carbocycles. The van der Waals surface area contributed by atoms with E-state index in [4.69, 9.17) is 0 Å². The van der Waals surface area contributed by atoms with Crippen molar-refractivity contribution >= 4 is 17.8 Å². The third kappa shape index (κ3) is 4.84. The molecule has 1 aliphatic rings. The largest absolute Gasteiger partial charge is 0.479 e. The molecule has 0 bridgehead atoms. The van der Waals surface area contributed by atoms with Crippen LogP contribution in [0.1, 0.15) is 49.7 Å². The van der Waals surface area contributed by atoms with E-state index in [1.165, 1.54) is 17.5 Å². The topological polar surface area (TPSA) is 86.7 Å². The van der Waals surface area contributed by atoms with E-state index in [2.05, 4.69) is 5.32 Å². The summed E-state index contributed by atoms with van der Waals surface area (Å²) < 4.78 is 0. The lowest BCUT2D eigenvalue weighted by atomic mass is 9.80. The second-order valence-electron chi connectivity index (χ2n) is 7.11. The lowest BCUT2D eigenvalue weighted by Crippen LogP contribution is -2.58. The molecule has 0 radical (unpaired) electrons. The number of nitrogens with zero attached hydrogens (tertiary/aromatic N) is 1. The Morgan fingerprint density at radius 1 is 1.12 bits per heavy atom. The van der Waals surface area contributed by atoms with Crippen molar-refractivity contribution in [2.75, 3.05) is 13.6 Å². The van der Waals surface area contributed by atoms with Gasteiger partial charge in [0.25, 0.3) is 0 Å². The molecule has 0 saturated heterocycles. The predicted octanol–water partition coefficient (Wildman–Crippen LogP) is 2.29. The van der Waals surface area contributed by atoms with Gasteiger partial charge in [-0.2, -0.15) is 0 Å². The molecule has 6 heteroatoms. The molecule has 2 N–H and O–H groups in total. The zero-order valence-electron chi connectivity index (χ0n) is 15.6. The molecule has 142 valence electrons. The Labute approximate surface area is 154 Å². The Balaban J connectivity index is 1.83. The number of carbonyl (C=O) groups excluding carboxylic acids is 2. The summed E-state index contributed by atoms with van der Waals surface area (Å²) in [7, 11) is 1.53. The van der Waals surface area contributed by atoms with E-state index < -0.39 is 11.5 Å². The summed E-state index contributed by atoms with van der Waals surface area (Å²) in [5.74, 6) is -1.53. The highest BCUT2D eigenvalue weighted by molar-refractivity contribution is 5.90. The number of carboxylic acids is 1. The first-order valence-electron chi connectivity index (χ1n) is 9.17. The van der Waals surface area contributed by atoms with Gasteiger partial charge in [0, 0.05) is 13.5 Å². The highest BCUT2D eigenvalue weighted by Gasteiger charge is 2.45. The number of benzene rings is 1. The van der Waals surface area contributed by atoms with Crippen LogP contribution < -0.4 is 5.32 Å². The van der Waals surface area contributed by atoms with Crippen molar-refractivity contribution < 1.29 is 19.5 Å². The number of hydrogen-bond acceptors (Lipinski definition) is 3. The fourth-order valence-corrected chi connectivity index (χ4v) is 3.46. The Hall–Kier alpha value is -2.37. The number of carbonyl (C=O) groups is 3. The van der Waals surface area contributed by atoms with Gasteiger partial charge in [-0.1, -0.05) is 49.1 Å². The zero-order valence-corrected chi connectivity index (χ0v) is 15.6. The summed E-state index contributed by atoms with van der Waals surface area (Å²) in [6, 6.07) is 7.98. The summed E-state index contributed by atoms with van der Waals surface area (Å²) in [5.41, 5.74) is 1.10. The van der Waals surface area contributed by atoms with Gasteiger partial charge in [-0.3, -0.25) is 9.59 Å². The number of aliphatic carboxylic acids is 1. The second kappa shape index (κ2) is 8.83. The number of nitrogens with one attached hydrogen (secondary N) is 1. The Kier molecular flexibility index (Phi) is 6.77. The molecule has 0 aromatic heterocycles. The number of rotatable bonds is 7. The molecule has 1 aromatic rings. The van der Waals surface area contributed by atoms with Crippen LogP contribution in [0.15, 0.2) is 24.3 Å². The summed E-state index contributed by atoms with van der Waals surface area (Å²) in [5, 5.41) is 12.3. The number of carboxylic acid groups (broad SMARTS) is 1. The number of likely N-dealkylation sites (N-methyl/N-ethyl adjacent to an activating group) is 1. The molecule has 0 atom stereocenters. The highest BCUT2D eigenvalue weighted by Crippen LogP contribution is 2.33. The molecule has 6 nitrogen and oxygen atoms in total. The van der Waals surface area contributed by atoms with Crippen molar-refractivity contribution in [2.45, 2.75) is 57.4 Å². The van der Waals surface area contributed by atoms with E-state index in [9.17, 15) is 19.5 Å². The van der Waals surface area contributed by atoms with E-state index in [1.807, 2.05) is 31.2 Å². The van der Waals surface area contributed by atoms with Crippen LogP contribution in [0.4, 0.5) is 0 Å². The van der Waals surface area contributed by atoms with Crippen LogP contribution in [-0.2, 0) is 20.8 Å². The minimum Gasteiger partial charge on any atom is -0.479 e. The van der Waals surface area contributed by atoms with Gasteiger partial charge < -0.3 is 15.3 Å². The molecule has 0 heterocycles. The quantitative estimate of drug-likeness (QED) is 0.781. The molecule has 0 aliphatic heterocycles. The Bertz CT molecular complexity index is 648. The van der Waals surface area contributed by atoms with Gasteiger partial charge in [0.05, 0.1) is 6.54 Å². The monoisotopic (exact) mass is 360 g/mol. The van der Waals surface area contributed by atoms with Crippen LogP contribution in [0.25, 0.3) is 0 Å². The van der Waals surface area contributed by atoms with Gasteiger partial charge >= 0.3 is 5.97 Å². The van der Waals surface area contributed by atoms with Crippen LogP contribution >= 0.6 is 0 Å². The highest BCUT2D eigenvalue weighted by atomic mass is 16.4. The van der Waals surface area contributed by atoms with Gasteiger partial charge in [0.1, 0.15) is 5.54 Å². The predicted molar refractivity (Wildman–Crippen MR) is 98.7 cm³/mol. The molecule has 1 aromatic carbocycles. The van der Waals surface area contributed by atoms with Gasteiger partial charge in [0.2, 0.25) is 11.8 Å². The average molecular weight is 360 g/mol. The molecule has 2 amide bonds. The van der Waals surface area contributed by atoms with Gasteiger partial charge in [-0.15, -0.1) is 0 Å². The molecule has 0 spiro atoms. The second-order valence-corrected chi connectivity index (χ2v) is 7.11. The van der Waals surface area contributed by atoms with E-state index in [-0.39, 0.29) is 18.4 Å². The first kappa shape index (κ1) is 19.9. The average Bonchev–Trinajstić information content (AvgIpc) is 2.65. The summed E-state index contributed by atoms with van der Waals surface area (Å²) in [4.78, 5) is 37.5. The molecule has 0 unspecified atom stereocenters. The Morgan fingerprint density at radius 3 is 2.31 bits per heavy atom. The van der Waals surface area contributed by atoms with Crippen molar-refractivity contribution in [3.05, 3.63) is 35.4 Å². The van der Waals surface area contributed by atoms with Crippen LogP contribution in [0.2, 0.25) is 0 Å². The summed E-state index contributed by atoms with van der Waals surface area (Å²) >= 11 is 0. The van der Waals surface area contributed by atoms with Crippen molar-refractivity contribution in [1.29, 1.82) is 0 Å². The van der Waals surface area contributed by atoms with Crippen LogP contribution in [0.3, 0.4) is 0 Å². The first-order chi connectivity index (χ1) is 12.3. The number of hydrogen-bond donors (Lipinski definition) is 2. The van der Waals surface area contributed by atoms with E-state index in [1.54, 1.807) is 0 Å². The van der Waals surface area contributed by atoms with Crippen LogP contribution in [0, 0.1) is 6.92 Å². The standard InChI is InChI=1S/C20H28N2O4/c1-15-6-8-16(9-7-15)10-11-17(23)21-14-18(24)22(2)20(19(25)26)12-4-3-5-13-20/h6-9H,3-5,10-14H2,1-2H3,(H,21,23)(H,25,26). The SMILES string of the molecule is Cc1ccc(CCC(=O)NCC(=O)N(C)C2(C(=O)O)CCCCC2)cc1. The van der Waals surface area contributed by atoms with Crippen LogP contribution in [0.5, 0.6) is 0 Å². The van der Waals surface area contributed by atoms with Gasteiger partial charge in [0.15, 0.2) is 0 Å². The van der Waals surface area contributed by atoms with E-state index in [0.29, 0.717) is 25.7 Å². The van der Waals surface area contributed by atoms with Gasteiger partial charge in [-0.25, -0.2) is 4.79 Å². The molecule has 2 rings (SSSR count). The maximum absolute atomic E-state index is 12.4. The summed E-state index contributed by atoms with van der Waals surface area (Å²) in [6.07, 6.45) is 4.42. The lowest BCUT2D eigenvalue weighted by Gasteiger charge is -2.41. The smallest absolute Gasteiger partial charge is 0.329 e. The molecule has 1 saturated carbocycles. The number of aryl methyl sites for hydroxylation is 2. The van der Waals surface area contributed by atoms with Crippen molar-refractivity contribution in [2.24, 2.45) is 0 Å². The van der Waals surface area contributed by atoms with E-state index in [0.717, 1.165) is 24.8 Å². The minimum absolute atomic E-state index is 0.168. The van der Waals surface area contributed by atoms with Crippen LogP contribution in [-0.4, -0.2) is 46.9 Å². The molecular weight excluding hydrogens is 332 g/mol. The molecule has 26 heavy (non-hydrogen) atoms. The third-order valence-corrected chi connectivity index (χ3v) is 5.29. The third-order valence-electron chi connectivity index (χ3n) is 5.29. The van der Waals surface area contributed by atoms with Gasteiger partial charge in [-0.05, 0) is 31.7 Å². The first-order valence-corrected chi connectivity index (χ1v) is 9.17. The summed E-state index contributed by atoms with van der Waals surface area (Å²) in [6.45, 7) is 1.84. The fraction of sp³-hybridized carbons (Fsp3) is 0.550.